The summed E-state index contributed by atoms with van der Waals surface area (Å²) in [6, 6.07) is 15.0. The minimum absolute atomic E-state index is 0.0288. The van der Waals surface area contributed by atoms with Crippen LogP contribution < -0.4 is 33.7 Å². The summed E-state index contributed by atoms with van der Waals surface area (Å²) in [7, 11) is 3.04. The van der Waals surface area contributed by atoms with E-state index in [9.17, 15) is 19.8 Å². The Labute approximate surface area is 404 Å². The van der Waals surface area contributed by atoms with Crippen molar-refractivity contribution < 1.29 is 62.5 Å². The van der Waals surface area contributed by atoms with Gasteiger partial charge in [0, 0.05) is 43.7 Å². The number of methoxy groups -OCH3 is 2. The van der Waals surface area contributed by atoms with Crippen molar-refractivity contribution in [1.29, 1.82) is 0 Å². The molecule has 0 saturated heterocycles. The SMILES string of the molecule is C=CCCOC(=O)N(Cc1ccc2c(c1)OCO2)[C@H]1CC(=NOC(C)(C)C)C2=C[C@H](CCCCO)[C@@H](CCCCO)[C@@H]3c4cc(OC(=O)Nc5ccc(OC)cc5OC)ccc4O[C@@]1(OCC=C)[C@H]23. The monoisotopic (exact) mass is 953 g/mol. The van der Waals surface area contributed by atoms with Gasteiger partial charge in [0.05, 0.1) is 44.8 Å². The molecule has 3 aromatic carbocycles. The van der Waals surface area contributed by atoms with Crippen LogP contribution in [0.15, 0.2) is 96.7 Å². The van der Waals surface area contributed by atoms with E-state index in [2.05, 4.69) is 24.6 Å². The first kappa shape index (κ1) is 50.6. The first-order chi connectivity index (χ1) is 33.4. The number of fused-ring (bicyclic) bond motifs is 3. The number of unbranched alkanes of at least 4 members (excludes halogenated alkanes) is 2. The Hall–Kier alpha value is -6.23. The molecule has 2 amide bonds. The molecule has 6 atom stereocenters. The van der Waals surface area contributed by atoms with E-state index in [-0.39, 0.29) is 63.8 Å². The fraction of sp³-hybridized carbons (Fsp3) is 0.491. The van der Waals surface area contributed by atoms with Crippen LogP contribution in [0.5, 0.6) is 34.5 Å². The summed E-state index contributed by atoms with van der Waals surface area (Å²) in [5.41, 5.74) is 2.69. The molecule has 16 nitrogen and oxygen atoms in total. The number of nitrogens with one attached hydrogen (secondary N) is 1. The summed E-state index contributed by atoms with van der Waals surface area (Å²) in [6.45, 7) is 14.0. The Morgan fingerprint density at radius 1 is 0.913 bits per heavy atom. The van der Waals surface area contributed by atoms with Gasteiger partial charge in [0.25, 0.3) is 0 Å². The highest BCUT2D eigenvalue weighted by Crippen LogP contribution is 2.62. The number of carbonyl (C=O) groups is 2. The molecule has 0 bridgehead atoms. The average Bonchev–Trinajstić information content (AvgIpc) is 3.81. The molecule has 0 radical (unpaired) electrons. The predicted octanol–water partition coefficient (Wildman–Crippen LogP) is 9.69. The molecule has 4 aliphatic rings. The molecule has 3 aromatic rings. The molecule has 1 saturated carbocycles. The summed E-state index contributed by atoms with van der Waals surface area (Å²) >= 11 is 0. The first-order valence-electron chi connectivity index (χ1n) is 23.8. The number of benzene rings is 3. The second-order valence-electron chi connectivity index (χ2n) is 18.6. The van der Waals surface area contributed by atoms with E-state index in [4.69, 9.17) is 47.9 Å². The van der Waals surface area contributed by atoms with Crippen LogP contribution in [0.25, 0.3) is 0 Å². The second-order valence-corrected chi connectivity index (χ2v) is 18.6. The molecule has 7 rings (SSSR count). The topological polar surface area (TPSA) is 185 Å². The Kier molecular flexibility index (Phi) is 16.8. The zero-order chi connectivity index (χ0) is 49.1. The second kappa shape index (κ2) is 22.9. The summed E-state index contributed by atoms with van der Waals surface area (Å²) in [5.74, 6) is 0.118. The van der Waals surface area contributed by atoms with Gasteiger partial charge in [-0.3, -0.25) is 10.2 Å². The maximum atomic E-state index is 14.8. The number of hydrogen-bond donors (Lipinski definition) is 3. The summed E-state index contributed by atoms with van der Waals surface area (Å²) in [6.07, 6.45) is 8.98. The van der Waals surface area contributed by atoms with Gasteiger partial charge in [-0.05, 0) is 118 Å². The van der Waals surface area contributed by atoms with Crippen LogP contribution in [-0.4, -0.2) is 97.9 Å². The molecule has 2 aliphatic carbocycles. The fourth-order valence-corrected chi connectivity index (χ4v) is 9.90. The van der Waals surface area contributed by atoms with Gasteiger partial charge in [0.15, 0.2) is 11.5 Å². The summed E-state index contributed by atoms with van der Waals surface area (Å²) in [4.78, 5) is 36.4. The van der Waals surface area contributed by atoms with Crippen LogP contribution in [0.1, 0.15) is 89.2 Å². The van der Waals surface area contributed by atoms with Crippen molar-refractivity contribution in [2.24, 2.45) is 22.9 Å². The van der Waals surface area contributed by atoms with Crippen molar-refractivity contribution in [2.45, 2.75) is 102 Å². The molecule has 0 spiro atoms. The number of ether oxygens (including phenoxy) is 8. The quantitative estimate of drug-likeness (QED) is 0.0492. The number of aliphatic hydroxyl groups excluding tert-OH is 2. The zero-order valence-electron chi connectivity index (χ0n) is 40.4. The summed E-state index contributed by atoms with van der Waals surface area (Å²) < 4.78 is 48.8. The van der Waals surface area contributed by atoms with E-state index in [1.165, 1.54) is 7.11 Å². The van der Waals surface area contributed by atoms with E-state index < -0.39 is 41.5 Å². The molecule has 0 aromatic heterocycles. The number of carbonyl (C=O) groups excluding carboxylic acids is 2. The lowest BCUT2D eigenvalue weighted by Crippen LogP contribution is -2.70. The molecule has 0 unspecified atom stereocenters. The zero-order valence-corrected chi connectivity index (χ0v) is 40.4. The number of rotatable bonds is 22. The third-order valence-electron chi connectivity index (χ3n) is 12.9. The lowest BCUT2D eigenvalue weighted by molar-refractivity contribution is -0.256. The lowest BCUT2D eigenvalue weighted by atomic mass is 9.55. The molecule has 16 heteroatoms. The van der Waals surface area contributed by atoms with Crippen molar-refractivity contribution in [3.8, 4) is 34.5 Å². The number of hydrogen-bond acceptors (Lipinski definition) is 14. The maximum Gasteiger partial charge on any atom is 0.417 e. The largest absolute Gasteiger partial charge is 0.497 e. The van der Waals surface area contributed by atoms with Crippen molar-refractivity contribution in [2.75, 3.05) is 52.8 Å². The van der Waals surface area contributed by atoms with E-state index >= 15 is 0 Å². The van der Waals surface area contributed by atoms with Gasteiger partial charge in [0.2, 0.25) is 12.6 Å². The molecule has 2 aliphatic heterocycles. The van der Waals surface area contributed by atoms with E-state index in [1.807, 2.05) is 45.0 Å². The smallest absolute Gasteiger partial charge is 0.417 e. The van der Waals surface area contributed by atoms with E-state index in [0.717, 1.165) is 29.5 Å². The average molecular weight is 954 g/mol. The van der Waals surface area contributed by atoms with Gasteiger partial charge in [-0.25, -0.2) is 9.59 Å². The third-order valence-corrected chi connectivity index (χ3v) is 12.9. The molecule has 3 N–H and O–H groups in total. The van der Waals surface area contributed by atoms with Crippen molar-refractivity contribution in [1.82, 2.24) is 4.90 Å². The number of allylic oxidation sites excluding steroid dienone is 1. The Bertz CT molecular complexity index is 2360. The highest BCUT2D eigenvalue weighted by molar-refractivity contribution is 6.03. The lowest BCUT2D eigenvalue weighted by Gasteiger charge is -2.60. The first-order valence-corrected chi connectivity index (χ1v) is 23.8. The minimum Gasteiger partial charge on any atom is -0.497 e. The van der Waals surface area contributed by atoms with E-state index in [1.54, 1.807) is 54.5 Å². The van der Waals surface area contributed by atoms with Crippen LogP contribution >= 0.6 is 0 Å². The van der Waals surface area contributed by atoms with Gasteiger partial charge >= 0.3 is 12.2 Å². The minimum atomic E-state index is -1.58. The van der Waals surface area contributed by atoms with Gasteiger partial charge in [-0.15, -0.1) is 13.2 Å². The molecule has 1 fully saturated rings. The number of nitrogens with zero attached hydrogens (tertiary/aromatic N) is 2. The molecular formula is C53H67N3O13. The van der Waals surface area contributed by atoms with Crippen molar-refractivity contribution in [3.63, 3.8) is 0 Å². The van der Waals surface area contributed by atoms with Crippen LogP contribution in [0.4, 0.5) is 15.3 Å². The number of oxime groups is 1. The van der Waals surface area contributed by atoms with Crippen LogP contribution in [0.2, 0.25) is 0 Å². The van der Waals surface area contributed by atoms with Gasteiger partial charge < -0.3 is 52.9 Å². The Balaban J connectivity index is 1.42. The standard InChI is InChI=1S/C53H67N3O13/c1-8-10-26-63-51(60)56(32-34-17-21-44-46(27-34)65-33-64-44)47-31-42(55-69-52(3,4)5)39-28-35(15-11-13-23-57)38(16-12-14-24-58)48-40-29-37(19-22-43(40)68-53(47,49(39)48)66-25-9-2)67-50(59)54-41-20-18-36(61-6)30-45(41)62-7/h8-9,17-22,27-30,35,38,47-49,57-58H,1-2,10-16,23-26,31-33H2,3-7H3,(H,54,59)/t35-,38+,47-,48+,49+,53+/m0/s1. The Morgan fingerprint density at radius 2 is 1.67 bits per heavy atom. The number of anilines is 1. The molecular weight excluding hydrogens is 887 g/mol. The highest BCUT2D eigenvalue weighted by Gasteiger charge is 2.66. The maximum absolute atomic E-state index is 14.8. The molecule has 372 valence electrons. The van der Waals surface area contributed by atoms with Crippen molar-refractivity contribution in [3.05, 3.63) is 103 Å². The Morgan fingerprint density at radius 3 is 2.39 bits per heavy atom. The van der Waals surface area contributed by atoms with Crippen LogP contribution in [0.3, 0.4) is 0 Å². The predicted molar refractivity (Wildman–Crippen MR) is 259 cm³/mol. The van der Waals surface area contributed by atoms with Gasteiger partial charge in [0.1, 0.15) is 34.6 Å². The van der Waals surface area contributed by atoms with Crippen LogP contribution in [-0.2, 0) is 20.9 Å². The molecule has 2 heterocycles. The number of aliphatic hydroxyl groups is 2. The third kappa shape index (κ3) is 11.6. The molecule has 69 heavy (non-hydrogen) atoms. The fourth-order valence-electron chi connectivity index (χ4n) is 9.90. The van der Waals surface area contributed by atoms with Crippen LogP contribution in [0, 0.1) is 17.8 Å². The number of amides is 2. The van der Waals surface area contributed by atoms with Gasteiger partial charge in [-0.2, -0.15) is 0 Å². The van der Waals surface area contributed by atoms with E-state index in [0.29, 0.717) is 72.3 Å². The van der Waals surface area contributed by atoms with Crippen molar-refractivity contribution >= 4 is 23.6 Å². The highest BCUT2D eigenvalue weighted by atomic mass is 16.7. The normalized spacial score (nSPS) is 22.5. The summed E-state index contributed by atoms with van der Waals surface area (Å²) in [5, 5.41) is 27.8. The van der Waals surface area contributed by atoms with Gasteiger partial charge in [-0.1, -0.05) is 42.3 Å².